The number of hydrogen-bond acceptors (Lipinski definition) is 8. The number of nitrogens with one attached hydrogen (secondary N) is 1. The van der Waals surface area contributed by atoms with E-state index in [2.05, 4.69) is 15.3 Å². The number of anilines is 1. The molecular formula is C30H33FN6O3. The largest absolute Gasteiger partial charge is 0.392 e. The standard InChI is InChI=1S/C30H33FN6O3/c1-16-14-37(15-17(2)29(16)39)27-9-24(31)18(3)28(36-27)25-6-5-20-12-33-23(8-26(20)35-25)13-34-30(40)22-7-21(19(4)38)10-32-11-22/h5-12,16-17,19,29,38-39H,13-15H2,1-4H3,(H,34,40)/t16-,17+,19-,29?/m0/s1. The number of pyridine rings is 4. The predicted octanol–water partition coefficient (Wildman–Crippen LogP) is 3.97. The number of carbonyl (C=O) groups is 1. The van der Waals surface area contributed by atoms with E-state index in [4.69, 9.17) is 9.97 Å². The Morgan fingerprint density at radius 3 is 2.60 bits per heavy atom. The SMILES string of the molecule is Cc1c(F)cc(N2C[C@@H](C)C(O)[C@@H](C)C2)nc1-c1ccc2cnc(CNC(=O)c3cncc([C@H](C)O)c3)cc2n1. The molecule has 1 amide bonds. The van der Waals surface area contributed by atoms with E-state index in [9.17, 15) is 15.0 Å². The van der Waals surface area contributed by atoms with Gasteiger partial charge >= 0.3 is 0 Å². The number of piperidine rings is 1. The van der Waals surface area contributed by atoms with E-state index in [-0.39, 0.29) is 30.1 Å². The Bertz CT molecular complexity index is 1550. The zero-order chi connectivity index (χ0) is 28.6. The van der Waals surface area contributed by atoms with Gasteiger partial charge < -0.3 is 20.4 Å². The highest BCUT2D eigenvalue weighted by molar-refractivity contribution is 5.94. The molecule has 3 N–H and O–H groups in total. The number of halogens is 1. The van der Waals surface area contributed by atoms with Crippen LogP contribution in [-0.4, -0.2) is 55.2 Å². The molecule has 0 saturated carbocycles. The molecule has 9 nitrogen and oxygen atoms in total. The molecule has 5 rings (SSSR count). The molecule has 0 aliphatic carbocycles. The van der Waals surface area contributed by atoms with Crippen molar-refractivity contribution in [2.75, 3.05) is 18.0 Å². The molecule has 0 radical (unpaired) electrons. The molecule has 0 spiro atoms. The van der Waals surface area contributed by atoms with Crippen LogP contribution in [0.5, 0.6) is 0 Å². The zero-order valence-corrected chi connectivity index (χ0v) is 23.0. The molecule has 4 atom stereocenters. The van der Waals surface area contributed by atoms with Crippen LogP contribution in [0.1, 0.15) is 54.1 Å². The summed E-state index contributed by atoms with van der Waals surface area (Å²) in [5.74, 6) is -0.0814. The second kappa shape index (κ2) is 11.2. The molecule has 1 fully saturated rings. The van der Waals surface area contributed by atoms with Crippen LogP contribution in [0.2, 0.25) is 0 Å². The summed E-state index contributed by atoms with van der Waals surface area (Å²) in [6.45, 7) is 8.62. The van der Waals surface area contributed by atoms with Gasteiger partial charge in [-0.15, -0.1) is 0 Å². The number of nitrogens with zero attached hydrogens (tertiary/aromatic N) is 5. The first kappa shape index (κ1) is 27.5. The van der Waals surface area contributed by atoms with Gasteiger partial charge in [-0.3, -0.25) is 14.8 Å². The van der Waals surface area contributed by atoms with E-state index in [1.165, 1.54) is 18.5 Å². The average molecular weight is 545 g/mol. The van der Waals surface area contributed by atoms with Crippen LogP contribution >= 0.6 is 0 Å². The van der Waals surface area contributed by atoms with Crippen LogP contribution in [0.15, 0.2) is 48.9 Å². The van der Waals surface area contributed by atoms with Gasteiger partial charge in [-0.25, -0.2) is 14.4 Å². The Labute approximate surface area is 232 Å². The number of aromatic nitrogens is 4. The summed E-state index contributed by atoms with van der Waals surface area (Å²) in [4.78, 5) is 32.7. The van der Waals surface area contributed by atoms with Gasteiger partial charge in [0.25, 0.3) is 5.91 Å². The van der Waals surface area contributed by atoms with Crippen LogP contribution in [-0.2, 0) is 6.54 Å². The lowest BCUT2D eigenvalue weighted by molar-refractivity contribution is 0.0527. The fourth-order valence-corrected chi connectivity index (χ4v) is 5.08. The van der Waals surface area contributed by atoms with Gasteiger partial charge in [0.1, 0.15) is 11.6 Å². The van der Waals surface area contributed by atoms with E-state index in [0.717, 1.165) is 5.39 Å². The lowest BCUT2D eigenvalue weighted by Crippen LogP contribution is -2.47. The normalized spacial score (nSPS) is 20.0. The number of fused-ring (bicyclic) bond motifs is 1. The van der Waals surface area contributed by atoms with Crippen molar-refractivity contribution in [3.63, 3.8) is 0 Å². The highest BCUT2D eigenvalue weighted by atomic mass is 19.1. The van der Waals surface area contributed by atoms with Crippen LogP contribution in [0.3, 0.4) is 0 Å². The maximum atomic E-state index is 15.1. The minimum Gasteiger partial charge on any atom is -0.392 e. The number of carbonyl (C=O) groups excluding carboxylic acids is 1. The third-order valence-electron chi connectivity index (χ3n) is 7.51. The molecular weight excluding hydrogens is 511 g/mol. The molecule has 1 saturated heterocycles. The minimum atomic E-state index is -0.727. The van der Waals surface area contributed by atoms with E-state index in [1.807, 2.05) is 24.8 Å². The highest BCUT2D eigenvalue weighted by Crippen LogP contribution is 2.31. The number of amides is 1. The third kappa shape index (κ3) is 5.64. The number of aliphatic hydroxyl groups excluding tert-OH is 2. The molecule has 40 heavy (non-hydrogen) atoms. The smallest absolute Gasteiger partial charge is 0.253 e. The topological polar surface area (TPSA) is 124 Å². The van der Waals surface area contributed by atoms with Gasteiger partial charge in [-0.05, 0) is 55.5 Å². The number of aliphatic hydroxyl groups is 2. The first-order chi connectivity index (χ1) is 19.1. The third-order valence-corrected chi connectivity index (χ3v) is 7.51. The first-order valence-electron chi connectivity index (χ1n) is 13.4. The van der Waals surface area contributed by atoms with Crippen molar-refractivity contribution in [1.29, 1.82) is 0 Å². The van der Waals surface area contributed by atoms with Gasteiger partial charge in [-0.1, -0.05) is 13.8 Å². The van der Waals surface area contributed by atoms with Crippen molar-refractivity contribution < 1.29 is 19.4 Å². The molecule has 5 heterocycles. The Morgan fingerprint density at radius 1 is 1.12 bits per heavy atom. The summed E-state index contributed by atoms with van der Waals surface area (Å²) in [7, 11) is 0. The van der Waals surface area contributed by atoms with Crippen molar-refractivity contribution >= 4 is 22.6 Å². The van der Waals surface area contributed by atoms with Crippen LogP contribution in [0.4, 0.5) is 10.2 Å². The molecule has 10 heteroatoms. The van der Waals surface area contributed by atoms with Gasteiger partial charge in [-0.2, -0.15) is 0 Å². The summed E-state index contributed by atoms with van der Waals surface area (Å²) in [6.07, 6.45) is 3.52. The van der Waals surface area contributed by atoms with Gasteiger partial charge in [0.15, 0.2) is 0 Å². The second-order valence-electron chi connectivity index (χ2n) is 10.7. The Balaban J connectivity index is 1.39. The van der Waals surface area contributed by atoms with E-state index in [0.29, 0.717) is 58.2 Å². The highest BCUT2D eigenvalue weighted by Gasteiger charge is 2.31. The van der Waals surface area contributed by atoms with E-state index < -0.39 is 12.2 Å². The molecule has 4 aromatic rings. The quantitative estimate of drug-likeness (QED) is 0.333. The summed E-state index contributed by atoms with van der Waals surface area (Å²) >= 11 is 0. The van der Waals surface area contributed by atoms with Gasteiger partial charge in [0, 0.05) is 48.7 Å². The fourth-order valence-electron chi connectivity index (χ4n) is 5.08. The lowest BCUT2D eigenvalue weighted by Gasteiger charge is -2.39. The van der Waals surface area contributed by atoms with Crippen molar-refractivity contribution in [2.45, 2.75) is 46.4 Å². The van der Waals surface area contributed by atoms with Crippen LogP contribution < -0.4 is 10.2 Å². The molecule has 1 aliphatic rings. The second-order valence-corrected chi connectivity index (χ2v) is 10.7. The predicted molar refractivity (Wildman–Crippen MR) is 150 cm³/mol. The molecule has 4 aromatic heterocycles. The monoisotopic (exact) mass is 544 g/mol. The van der Waals surface area contributed by atoms with Gasteiger partial charge in [0.05, 0.1) is 46.9 Å². The van der Waals surface area contributed by atoms with Crippen molar-refractivity contribution in [3.05, 3.63) is 77.1 Å². The number of hydrogen-bond donors (Lipinski definition) is 3. The lowest BCUT2D eigenvalue weighted by atomic mass is 9.88. The van der Waals surface area contributed by atoms with E-state index >= 15 is 4.39 Å². The summed E-state index contributed by atoms with van der Waals surface area (Å²) in [6, 6.07) is 8.51. The van der Waals surface area contributed by atoms with Crippen LogP contribution in [0.25, 0.3) is 22.3 Å². The molecule has 0 bridgehead atoms. The average Bonchev–Trinajstić information content (AvgIpc) is 2.95. The molecule has 1 aliphatic heterocycles. The maximum Gasteiger partial charge on any atom is 0.253 e. The Kier molecular flexibility index (Phi) is 7.73. The summed E-state index contributed by atoms with van der Waals surface area (Å²) in [5, 5.41) is 23.7. The van der Waals surface area contributed by atoms with Crippen molar-refractivity contribution in [2.24, 2.45) is 11.8 Å². The van der Waals surface area contributed by atoms with Crippen molar-refractivity contribution in [3.8, 4) is 11.4 Å². The first-order valence-corrected chi connectivity index (χ1v) is 13.4. The van der Waals surface area contributed by atoms with Crippen LogP contribution in [0, 0.1) is 24.6 Å². The fraction of sp³-hybridized carbons (Fsp3) is 0.367. The molecule has 0 aromatic carbocycles. The zero-order valence-electron chi connectivity index (χ0n) is 23.0. The maximum absolute atomic E-state index is 15.1. The van der Waals surface area contributed by atoms with E-state index in [1.54, 1.807) is 38.2 Å². The Morgan fingerprint density at radius 2 is 1.88 bits per heavy atom. The summed E-state index contributed by atoms with van der Waals surface area (Å²) in [5.41, 5.74) is 3.54. The van der Waals surface area contributed by atoms with Crippen molar-refractivity contribution in [1.82, 2.24) is 25.3 Å². The minimum absolute atomic E-state index is 0.0435. The summed E-state index contributed by atoms with van der Waals surface area (Å²) < 4.78 is 15.1. The van der Waals surface area contributed by atoms with Gasteiger partial charge in [0.2, 0.25) is 0 Å². The Hall–Kier alpha value is -4.02. The number of rotatable bonds is 6. The molecule has 1 unspecified atom stereocenters. The molecule has 208 valence electrons.